The Morgan fingerprint density at radius 2 is 2.42 bits per heavy atom. The molecule has 0 aliphatic rings. The highest BCUT2D eigenvalue weighted by Crippen LogP contribution is 2.06. The van der Waals surface area contributed by atoms with Gasteiger partial charge in [-0.3, -0.25) is 4.79 Å². The van der Waals surface area contributed by atoms with Crippen molar-refractivity contribution >= 4 is 0 Å². The van der Waals surface area contributed by atoms with Crippen molar-refractivity contribution in [1.82, 2.24) is 4.98 Å². The van der Waals surface area contributed by atoms with E-state index in [1.165, 1.54) is 6.07 Å². The lowest BCUT2D eigenvalue weighted by atomic mass is 10.3. The zero-order chi connectivity index (χ0) is 8.97. The number of aryl methyl sites for hydroxylation is 1. The van der Waals surface area contributed by atoms with Crippen molar-refractivity contribution in [3.05, 3.63) is 40.8 Å². The molecule has 1 heterocycles. The minimum atomic E-state index is -0.144. The summed E-state index contributed by atoms with van der Waals surface area (Å²) in [5.41, 5.74) is 0.649. The number of aromatic amines is 1. The highest BCUT2D eigenvalue weighted by Gasteiger charge is 1.94. The first kappa shape index (κ1) is 8.59. The van der Waals surface area contributed by atoms with Crippen LogP contribution in [0.5, 0.6) is 5.75 Å². The summed E-state index contributed by atoms with van der Waals surface area (Å²) in [6.07, 6.45) is 1.64. The maximum absolute atomic E-state index is 10.9. The SMILES string of the molecule is C=CCOc1cc(C)[nH]c(=O)c1. The first-order valence-corrected chi connectivity index (χ1v) is 3.67. The standard InChI is InChI=1S/C9H11NO2/c1-3-4-12-8-5-7(2)10-9(11)6-8/h3,5-6H,1,4H2,2H3,(H,10,11). The van der Waals surface area contributed by atoms with Gasteiger partial charge in [0, 0.05) is 11.8 Å². The quantitative estimate of drug-likeness (QED) is 0.685. The molecule has 0 aliphatic heterocycles. The number of aromatic nitrogens is 1. The number of ether oxygens (including phenoxy) is 1. The molecular weight excluding hydrogens is 154 g/mol. The smallest absolute Gasteiger partial charge is 0.251 e. The summed E-state index contributed by atoms with van der Waals surface area (Å²) < 4.78 is 5.18. The second-order valence-electron chi connectivity index (χ2n) is 2.46. The summed E-state index contributed by atoms with van der Waals surface area (Å²) in [7, 11) is 0. The van der Waals surface area contributed by atoms with E-state index < -0.39 is 0 Å². The number of hydrogen-bond acceptors (Lipinski definition) is 2. The maximum Gasteiger partial charge on any atom is 0.251 e. The fourth-order valence-corrected chi connectivity index (χ4v) is 0.889. The van der Waals surface area contributed by atoms with Crippen LogP contribution in [-0.4, -0.2) is 11.6 Å². The third kappa shape index (κ3) is 2.27. The minimum Gasteiger partial charge on any atom is -0.489 e. The van der Waals surface area contributed by atoms with E-state index in [1.54, 1.807) is 12.1 Å². The second kappa shape index (κ2) is 3.76. The number of H-pyrrole nitrogens is 1. The van der Waals surface area contributed by atoms with Crippen molar-refractivity contribution in [2.24, 2.45) is 0 Å². The molecule has 1 rings (SSSR count). The van der Waals surface area contributed by atoms with E-state index in [4.69, 9.17) is 4.74 Å². The predicted octanol–water partition coefficient (Wildman–Crippen LogP) is 1.25. The summed E-state index contributed by atoms with van der Waals surface area (Å²) in [6, 6.07) is 3.18. The second-order valence-corrected chi connectivity index (χ2v) is 2.46. The summed E-state index contributed by atoms with van der Waals surface area (Å²) in [4.78, 5) is 13.5. The van der Waals surface area contributed by atoms with Gasteiger partial charge in [0.25, 0.3) is 5.56 Å². The third-order valence-corrected chi connectivity index (χ3v) is 1.32. The molecule has 0 atom stereocenters. The van der Waals surface area contributed by atoms with Gasteiger partial charge >= 0.3 is 0 Å². The zero-order valence-electron chi connectivity index (χ0n) is 6.96. The molecule has 64 valence electrons. The van der Waals surface area contributed by atoms with Crippen LogP contribution in [-0.2, 0) is 0 Å². The minimum absolute atomic E-state index is 0.144. The monoisotopic (exact) mass is 165 g/mol. The topological polar surface area (TPSA) is 42.1 Å². The Balaban J connectivity index is 2.85. The number of nitrogens with one attached hydrogen (secondary N) is 1. The molecule has 0 aliphatic carbocycles. The van der Waals surface area contributed by atoms with Gasteiger partial charge in [0.1, 0.15) is 12.4 Å². The fraction of sp³-hybridized carbons (Fsp3) is 0.222. The van der Waals surface area contributed by atoms with E-state index in [9.17, 15) is 4.79 Å². The molecule has 3 heteroatoms. The molecule has 1 aromatic rings. The summed E-state index contributed by atoms with van der Waals surface area (Å²) in [5.74, 6) is 0.580. The van der Waals surface area contributed by atoms with Crippen LogP contribution in [0.1, 0.15) is 5.69 Å². The van der Waals surface area contributed by atoms with Gasteiger partial charge in [-0.1, -0.05) is 12.7 Å². The maximum atomic E-state index is 10.9. The molecule has 12 heavy (non-hydrogen) atoms. The van der Waals surface area contributed by atoms with Gasteiger partial charge < -0.3 is 9.72 Å². The predicted molar refractivity (Wildman–Crippen MR) is 47.5 cm³/mol. The lowest BCUT2D eigenvalue weighted by Gasteiger charge is -2.02. The van der Waals surface area contributed by atoms with Gasteiger partial charge in [-0.05, 0) is 13.0 Å². The lowest BCUT2D eigenvalue weighted by Crippen LogP contribution is -2.06. The van der Waals surface area contributed by atoms with E-state index in [1.807, 2.05) is 6.92 Å². The van der Waals surface area contributed by atoms with Crippen LogP contribution in [0.15, 0.2) is 29.6 Å². The van der Waals surface area contributed by atoms with Crippen molar-refractivity contribution < 1.29 is 4.74 Å². The van der Waals surface area contributed by atoms with Crippen molar-refractivity contribution in [3.8, 4) is 5.75 Å². The van der Waals surface area contributed by atoms with Crippen LogP contribution < -0.4 is 10.3 Å². The Bertz CT molecular complexity index is 328. The van der Waals surface area contributed by atoms with Crippen LogP contribution in [0.2, 0.25) is 0 Å². The van der Waals surface area contributed by atoms with E-state index in [0.29, 0.717) is 12.4 Å². The Morgan fingerprint density at radius 3 is 3.00 bits per heavy atom. The first-order valence-electron chi connectivity index (χ1n) is 3.67. The Labute approximate surface area is 70.7 Å². The van der Waals surface area contributed by atoms with Crippen LogP contribution in [0.3, 0.4) is 0 Å². The Kier molecular flexibility index (Phi) is 2.69. The molecule has 0 aromatic carbocycles. The molecule has 0 bridgehead atoms. The van der Waals surface area contributed by atoms with Crippen LogP contribution in [0.4, 0.5) is 0 Å². The van der Waals surface area contributed by atoms with E-state index >= 15 is 0 Å². The molecule has 3 nitrogen and oxygen atoms in total. The fourth-order valence-electron chi connectivity index (χ4n) is 0.889. The molecular formula is C9H11NO2. The van der Waals surface area contributed by atoms with Crippen LogP contribution >= 0.6 is 0 Å². The van der Waals surface area contributed by atoms with Crippen LogP contribution in [0.25, 0.3) is 0 Å². The molecule has 1 N–H and O–H groups in total. The average Bonchev–Trinajstić information content (AvgIpc) is 1.99. The lowest BCUT2D eigenvalue weighted by molar-refractivity contribution is 0.362. The number of rotatable bonds is 3. The molecule has 0 amide bonds. The molecule has 0 saturated heterocycles. The van der Waals surface area contributed by atoms with Crippen molar-refractivity contribution in [2.45, 2.75) is 6.92 Å². The van der Waals surface area contributed by atoms with E-state index in [-0.39, 0.29) is 5.56 Å². The van der Waals surface area contributed by atoms with Crippen molar-refractivity contribution in [2.75, 3.05) is 6.61 Å². The van der Waals surface area contributed by atoms with Gasteiger partial charge in [0.2, 0.25) is 0 Å². The normalized spacial score (nSPS) is 9.42. The molecule has 0 saturated carbocycles. The summed E-state index contributed by atoms with van der Waals surface area (Å²) in [6.45, 7) is 5.74. The van der Waals surface area contributed by atoms with E-state index in [2.05, 4.69) is 11.6 Å². The number of hydrogen-bond donors (Lipinski definition) is 1. The third-order valence-electron chi connectivity index (χ3n) is 1.32. The van der Waals surface area contributed by atoms with Crippen LogP contribution in [0, 0.1) is 6.92 Å². The largest absolute Gasteiger partial charge is 0.489 e. The molecule has 0 radical (unpaired) electrons. The van der Waals surface area contributed by atoms with Crippen molar-refractivity contribution in [3.63, 3.8) is 0 Å². The zero-order valence-corrected chi connectivity index (χ0v) is 6.96. The average molecular weight is 165 g/mol. The van der Waals surface area contributed by atoms with Gasteiger partial charge in [0.15, 0.2) is 0 Å². The molecule has 0 spiro atoms. The van der Waals surface area contributed by atoms with E-state index in [0.717, 1.165) is 5.69 Å². The molecule has 0 unspecified atom stereocenters. The molecule has 1 aromatic heterocycles. The summed E-state index contributed by atoms with van der Waals surface area (Å²) >= 11 is 0. The van der Waals surface area contributed by atoms with Crippen molar-refractivity contribution in [1.29, 1.82) is 0 Å². The Hall–Kier alpha value is -1.51. The number of pyridine rings is 1. The highest BCUT2D eigenvalue weighted by molar-refractivity contribution is 5.21. The summed E-state index contributed by atoms with van der Waals surface area (Å²) in [5, 5.41) is 0. The first-order chi connectivity index (χ1) is 5.72. The molecule has 0 fully saturated rings. The van der Waals surface area contributed by atoms with Gasteiger partial charge in [-0.25, -0.2) is 0 Å². The Morgan fingerprint density at radius 1 is 1.67 bits per heavy atom. The van der Waals surface area contributed by atoms with Gasteiger partial charge in [-0.15, -0.1) is 0 Å². The highest BCUT2D eigenvalue weighted by atomic mass is 16.5. The van der Waals surface area contributed by atoms with Gasteiger partial charge in [-0.2, -0.15) is 0 Å². The van der Waals surface area contributed by atoms with Gasteiger partial charge in [0.05, 0.1) is 0 Å².